The highest BCUT2D eigenvalue weighted by atomic mass is 32.2. The molecule has 24 heavy (non-hydrogen) atoms. The van der Waals surface area contributed by atoms with Gasteiger partial charge in [0.2, 0.25) is 8.37 Å². The molecule has 0 N–H and O–H groups in total. The SMILES string of the molecule is c1ccc(SCc2cccn2P(n2cccc2)n2cccc2)cc1. The summed E-state index contributed by atoms with van der Waals surface area (Å²) < 4.78 is 6.96. The lowest BCUT2D eigenvalue weighted by molar-refractivity contribution is 1.02. The summed E-state index contributed by atoms with van der Waals surface area (Å²) in [6.07, 6.45) is 10.7. The average Bonchev–Trinajstić information content (AvgIpc) is 3.39. The Labute approximate surface area is 147 Å². The van der Waals surface area contributed by atoms with Crippen molar-refractivity contribution in [2.75, 3.05) is 0 Å². The van der Waals surface area contributed by atoms with Crippen molar-refractivity contribution < 1.29 is 0 Å². The lowest BCUT2D eigenvalue weighted by atomic mass is 10.4. The molecule has 4 aromatic rings. The smallest absolute Gasteiger partial charge is 0.220 e. The Morgan fingerprint density at radius 3 is 1.92 bits per heavy atom. The minimum Gasteiger partial charge on any atom is -0.299 e. The second kappa shape index (κ2) is 7.16. The lowest BCUT2D eigenvalue weighted by Gasteiger charge is -2.23. The van der Waals surface area contributed by atoms with Crippen LogP contribution < -0.4 is 0 Å². The Balaban J connectivity index is 1.64. The molecule has 0 aliphatic rings. The van der Waals surface area contributed by atoms with Gasteiger partial charge in [-0.3, -0.25) is 13.0 Å². The number of hydrogen-bond donors (Lipinski definition) is 0. The Morgan fingerprint density at radius 2 is 1.29 bits per heavy atom. The molecule has 3 aromatic heterocycles. The first-order valence-corrected chi connectivity index (χ1v) is 10.0. The van der Waals surface area contributed by atoms with Crippen LogP contribution >= 0.6 is 20.1 Å². The van der Waals surface area contributed by atoms with Crippen LogP contribution in [0.25, 0.3) is 0 Å². The summed E-state index contributed by atoms with van der Waals surface area (Å²) in [5, 5.41) is 0. The van der Waals surface area contributed by atoms with Gasteiger partial charge in [-0.25, -0.2) is 0 Å². The summed E-state index contributed by atoms with van der Waals surface area (Å²) in [6.45, 7) is 0. The van der Waals surface area contributed by atoms with Gasteiger partial charge in [-0.15, -0.1) is 11.8 Å². The molecular formula is C19H18N3PS. The second-order valence-electron chi connectivity index (χ2n) is 5.34. The third kappa shape index (κ3) is 3.21. The van der Waals surface area contributed by atoms with Crippen LogP contribution in [0.15, 0.2) is 103 Å². The number of nitrogens with zero attached hydrogens (tertiary/aromatic N) is 3. The standard InChI is InChI=1S/C19H18N3PS/c1-2-10-19(11-3-1)24-17-18-9-8-16-22(18)23(20-12-4-5-13-20)21-14-6-7-15-21/h1-16H,17H2. The van der Waals surface area contributed by atoms with Crippen molar-refractivity contribution in [3.8, 4) is 0 Å². The molecule has 0 amide bonds. The fourth-order valence-corrected chi connectivity index (χ4v) is 5.63. The van der Waals surface area contributed by atoms with E-state index in [0.717, 1.165) is 5.75 Å². The summed E-state index contributed by atoms with van der Waals surface area (Å²) in [6, 6.07) is 23.3. The first-order valence-electron chi connectivity index (χ1n) is 7.83. The largest absolute Gasteiger partial charge is 0.299 e. The van der Waals surface area contributed by atoms with Crippen molar-refractivity contribution in [1.82, 2.24) is 13.0 Å². The van der Waals surface area contributed by atoms with Gasteiger partial charge in [0, 0.05) is 47.3 Å². The monoisotopic (exact) mass is 351 g/mol. The Morgan fingerprint density at radius 1 is 0.667 bits per heavy atom. The van der Waals surface area contributed by atoms with Gasteiger partial charge < -0.3 is 0 Å². The van der Waals surface area contributed by atoms with E-state index >= 15 is 0 Å². The van der Waals surface area contributed by atoms with E-state index in [4.69, 9.17) is 0 Å². The zero-order chi connectivity index (χ0) is 16.2. The topological polar surface area (TPSA) is 14.8 Å². The average molecular weight is 351 g/mol. The van der Waals surface area contributed by atoms with E-state index in [2.05, 4.69) is 111 Å². The quantitative estimate of drug-likeness (QED) is 0.328. The molecule has 0 spiro atoms. The summed E-state index contributed by atoms with van der Waals surface area (Å²) in [5.41, 5.74) is 1.33. The van der Waals surface area contributed by atoms with E-state index in [1.807, 2.05) is 11.8 Å². The minimum absolute atomic E-state index is 0.699. The third-order valence-electron chi connectivity index (χ3n) is 3.72. The van der Waals surface area contributed by atoms with Crippen LogP contribution in [0.2, 0.25) is 0 Å². The maximum Gasteiger partial charge on any atom is 0.220 e. The highest BCUT2D eigenvalue weighted by Gasteiger charge is 2.17. The maximum atomic E-state index is 2.39. The van der Waals surface area contributed by atoms with Crippen molar-refractivity contribution in [3.05, 3.63) is 103 Å². The highest BCUT2D eigenvalue weighted by Crippen LogP contribution is 2.43. The molecular weight excluding hydrogens is 333 g/mol. The predicted molar refractivity (Wildman–Crippen MR) is 102 cm³/mol. The Hall–Kier alpha value is -2.16. The van der Waals surface area contributed by atoms with E-state index in [1.54, 1.807) is 0 Å². The van der Waals surface area contributed by atoms with E-state index < -0.39 is 8.37 Å². The molecule has 0 aliphatic carbocycles. The first kappa shape index (κ1) is 15.4. The third-order valence-corrected chi connectivity index (χ3v) is 6.90. The van der Waals surface area contributed by atoms with Crippen molar-refractivity contribution in [1.29, 1.82) is 0 Å². The number of benzene rings is 1. The van der Waals surface area contributed by atoms with Crippen LogP contribution in [0.5, 0.6) is 0 Å². The molecule has 0 saturated carbocycles. The molecule has 5 heteroatoms. The molecule has 0 aliphatic heterocycles. The molecule has 1 aromatic carbocycles. The van der Waals surface area contributed by atoms with E-state index in [9.17, 15) is 0 Å². The van der Waals surface area contributed by atoms with E-state index in [-0.39, 0.29) is 0 Å². The van der Waals surface area contributed by atoms with Gasteiger partial charge in [0.1, 0.15) is 0 Å². The minimum atomic E-state index is -0.699. The maximum absolute atomic E-state index is 2.39. The summed E-state index contributed by atoms with van der Waals surface area (Å²) >= 11 is 1.88. The molecule has 3 heterocycles. The highest BCUT2D eigenvalue weighted by molar-refractivity contribution is 7.98. The normalized spacial score (nSPS) is 11.2. The molecule has 0 fully saturated rings. The first-order chi connectivity index (χ1) is 11.9. The molecule has 3 nitrogen and oxygen atoms in total. The van der Waals surface area contributed by atoms with Crippen LogP contribution in [0.3, 0.4) is 0 Å². The van der Waals surface area contributed by atoms with Crippen LogP contribution in [0, 0.1) is 0 Å². The fraction of sp³-hybridized carbons (Fsp3) is 0.0526. The van der Waals surface area contributed by atoms with Crippen LogP contribution in [0.1, 0.15) is 5.69 Å². The van der Waals surface area contributed by atoms with E-state index in [1.165, 1.54) is 10.6 Å². The Bertz CT molecular complexity index is 832. The van der Waals surface area contributed by atoms with Crippen molar-refractivity contribution in [2.24, 2.45) is 0 Å². The fourth-order valence-electron chi connectivity index (χ4n) is 2.60. The zero-order valence-corrected chi connectivity index (χ0v) is 14.9. The van der Waals surface area contributed by atoms with Crippen molar-refractivity contribution in [2.45, 2.75) is 10.6 Å². The van der Waals surface area contributed by atoms with Gasteiger partial charge >= 0.3 is 0 Å². The van der Waals surface area contributed by atoms with Crippen LogP contribution in [-0.2, 0) is 5.75 Å². The van der Waals surface area contributed by atoms with Gasteiger partial charge in [-0.1, -0.05) is 18.2 Å². The van der Waals surface area contributed by atoms with Gasteiger partial charge in [0.05, 0.1) is 0 Å². The summed E-state index contributed by atoms with van der Waals surface area (Å²) in [4.78, 5) is 1.30. The van der Waals surface area contributed by atoms with Crippen LogP contribution in [-0.4, -0.2) is 13.0 Å². The lowest BCUT2D eigenvalue weighted by Crippen LogP contribution is -2.07. The molecule has 120 valence electrons. The molecule has 0 unspecified atom stereocenters. The van der Waals surface area contributed by atoms with Crippen molar-refractivity contribution in [3.63, 3.8) is 0 Å². The molecule has 4 rings (SSSR count). The predicted octanol–water partition coefficient (Wildman–Crippen LogP) is 5.56. The molecule has 0 bridgehead atoms. The van der Waals surface area contributed by atoms with Gasteiger partial charge in [0.25, 0.3) is 0 Å². The second-order valence-corrected chi connectivity index (χ2v) is 8.28. The Kier molecular flexibility index (Phi) is 4.59. The summed E-state index contributed by atoms with van der Waals surface area (Å²) in [7, 11) is -0.699. The van der Waals surface area contributed by atoms with Gasteiger partial charge in [-0.05, 0) is 48.5 Å². The summed E-state index contributed by atoms with van der Waals surface area (Å²) in [5.74, 6) is 0.957. The van der Waals surface area contributed by atoms with E-state index in [0.29, 0.717) is 0 Å². The number of aromatic nitrogens is 3. The zero-order valence-electron chi connectivity index (χ0n) is 13.1. The number of hydrogen-bond acceptors (Lipinski definition) is 1. The molecule has 0 saturated heterocycles. The van der Waals surface area contributed by atoms with Crippen LogP contribution in [0.4, 0.5) is 0 Å². The number of rotatable bonds is 6. The molecule has 0 radical (unpaired) electrons. The van der Waals surface area contributed by atoms with Crippen molar-refractivity contribution >= 4 is 20.1 Å². The number of thioether (sulfide) groups is 1. The van der Waals surface area contributed by atoms with Gasteiger partial charge in [0.15, 0.2) is 0 Å². The molecule has 0 atom stereocenters. The van der Waals surface area contributed by atoms with Gasteiger partial charge in [-0.2, -0.15) is 0 Å².